The Balaban J connectivity index is 1.50. The summed E-state index contributed by atoms with van der Waals surface area (Å²) in [4.78, 5) is 4.43. The molecule has 3 aromatic carbocycles. The van der Waals surface area contributed by atoms with Crippen molar-refractivity contribution < 1.29 is 13.0 Å². The molecule has 44 heavy (non-hydrogen) atoms. The molecule has 0 unspecified atom stereocenters. The number of hydrogen-bond donors (Lipinski definition) is 3. The highest BCUT2D eigenvalue weighted by molar-refractivity contribution is 7.85. The Kier molecular flexibility index (Phi) is 8.78. The van der Waals surface area contributed by atoms with Gasteiger partial charge >= 0.3 is 0 Å². The van der Waals surface area contributed by atoms with Crippen molar-refractivity contribution in [3.05, 3.63) is 108 Å². The van der Waals surface area contributed by atoms with Crippen LogP contribution in [0.4, 0.5) is 44.4 Å². The third kappa shape index (κ3) is 6.97. The molecule has 3 N–H and O–H groups in total. The molecule has 0 aliphatic carbocycles. The van der Waals surface area contributed by atoms with Crippen LogP contribution in [0.5, 0.6) is 0 Å². The first-order chi connectivity index (χ1) is 21.2. The molecule has 0 fully saturated rings. The van der Waals surface area contributed by atoms with Crippen LogP contribution in [0.2, 0.25) is 0 Å². The lowest BCUT2D eigenvalue weighted by molar-refractivity contribution is 0.483. The molecule has 5 rings (SSSR count). The van der Waals surface area contributed by atoms with Crippen LogP contribution in [0, 0.1) is 29.6 Å². The van der Waals surface area contributed by atoms with E-state index in [0.717, 1.165) is 22.7 Å². The van der Waals surface area contributed by atoms with E-state index in [1.165, 1.54) is 30.3 Å². The molecular weight excluding hydrogens is 599 g/mol. The largest absolute Gasteiger partial charge is 0.339 e. The summed E-state index contributed by atoms with van der Waals surface area (Å²) in [5.74, 6) is 0.688. The molecule has 0 amide bonds. The highest BCUT2D eigenvalue weighted by Crippen LogP contribution is 2.41. The van der Waals surface area contributed by atoms with Gasteiger partial charge in [-0.1, -0.05) is 47.7 Å². The van der Waals surface area contributed by atoms with E-state index >= 15 is 0 Å². The highest BCUT2D eigenvalue weighted by Gasteiger charge is 2.19. The van der Waals surface area contributed by atoms with E-state index in [2.05, 4.69) is 43.2 Å². The number of thiophene rings is 1. The van der Waals surface area contributed by atoms with Crippen LogP contribution in [0.15, 0.2) is 116 Å². The predicted molar refractivity (Wildman–Crippen MR) is 167 cm³/mol. The van der Waals surface area contributed by atoms with Gasteiger partial charge in [0.15, 0.2) is 16.6 Å². The Labute approximate surface area is 256 Å². The maximum Gasteiger partial charge on any atom is 0.294 e. The fourth-order valence-corrected chi connectivity index (χ4v) is 5.14. The van der Waals surface area contributed by atoms with Crippen LogP contribution < -0.4 is 10.6 Å². The summed E-state index contributed by atoms with van der Waals surface area (Å²) < 4.78 is 31.6. The second kappa shape index (κ2) is 13.0. The Morgan fingerprint density at radius 1 is 0.795 bits per heavy atom. The SMILES string of the molecule is Cc1c(C#N)c(Nc2ccccc2)nc(Nc2ccccc2)c1N=Nc1sc(N=Nc2ccc(S(=O)(=O)O)cc2)cc1C#N. The number of nitriles is 2. The number of rotatable bonds is 9. The fourth-order valence-electron chi connectivity index (χ4n) is 3.91. The summed E-state index contributed by atoms with van der Waals surface area (Å²) in [6.45, 7) is 1.74. The zero-order chi connectivity index (χ0) is 31.1. The maximum atomic E-state index is 11.2. The molecule has 0 aliphatic heterocycles. The van der Waals surface area contributed by atoms with E-state index in [1.54, 1.807) is 6.92 Å². The number of hydrogen-bond acceptors (Lipinski definition) is 12. The molecular formula is C30H21N9O3S2. The quantitative estimate of drug-likeness (QED) is 0.108. The lowest BCUT2D eigenvalue weighted by Crippen LogP contribution is -2.04. The molecule has 5 aromatic rings. The molecule has 2 aromatic heterocycles. The number of pyridine rings is 1. The Morgan fingerprint density at radius 2 is 1.41 bits per heavy atom. The second-order valence-electron chi connectivity index (χ2n) is 9.04. The first-order valence-corrected chi connectivity index (χ1v) is 15.0. The molecule has 0 bridgehead atoms. The van der Waals surface area contributed by atoms with Gasteiger partial charge in [0.25, 0.3) is 10.1 Å². The van der Waals surface area contributed by atoms with Crippen molar-refractivity contribution in [3.63, 3.8) is 0 Å². The van der Waals surface area contributed by atoms with Gasteiger partial charge in [-0.15, -0.1) is 20.5 Å². The first kappa shape index (κ1) is 29.7. The van der Waals surface area contributed by atoms with Crippen LogP contribution in [0.3, 0.4) is 0 Å². The summed E-state index contributed by atoms with van der Waals surface area (Å²) in [6.07, 6.45) is 0. The van der Waals surface area contributed by atoms with E-state index < -0.39 is 10.1 Å². The zero-order valence-electron chi connectivity index (χ0n) is 22.9. The van der Waals surface area contributed by atoms with Crippen LogP contribution >= 0.6 is 11.3 Å². The molecule has 0 radical (unpaired) electrons. The Morgan fingerprint density at radius 3 is 1.98 bits per heavy atom. The van der Waals surface area contributed by atoms with Crippen molar-refractivity contribution in [1.82, 2.24) is 4.98 Å². The normalized spacial score (nSPS) is 11.4. The van der Waals surface area contributed by atoms with Gasteiger partial charge < -0.3 is 10.6 Å². The van der Waals surface area contributed by atoms with Crippen molar-refractivity contribution in [2.45, 2.75) is 11.8 Å². The standard InChI is InChI=1S/C30H21N9O3S2/c1-19-25(18-32)28(33-21-8-4-2-5-9-21)35-29(34-22-10-6-3-7-11-22)27(19)38-39-30-20(17-31)16-26(43-30)37-36-23-12-14-24(15-13-23)44(40,41)42/h2-16H,1H3,(H2,33,34,35)(H,40,41,42). The van der Waals surface area contributed by atoms with Gasteiger partial charge in [-0.2, -0.15) is 18.9 Å². The number of azo groups is 2. The number of para-hydroxylation sites is 2. The van der Waals surface area contributed by atoms with E-state index in [9.17, 15) is 18.9 Å². The molecule has 2 heterocycles. The molecule has 12 nitrogen and oxygen atoms in total. The predicted octanol–water partition coefficient (Wildman–Crippen LogP) is 8.76. The number of benzene rings is 3. The number of nitrogens with one attached hydrogen (secondary N) is 2. The summed E-state index contributed by atoms with van der Waals surface area (Å²) in [6, 6.07) is 29.6. The third-order valence-electron chi connectivity index (χ3n) is 6.06. The lowest BCUT2D eigenvalue weighted by Gasteiger charge is -2.15. The van der Waals surface area contributed by atoms with E-state index in [1.807, 2.05) is 60.7 Å². The van der Waals surface area contributed by atoms with Gasteiger partial charge in [0.05, 0.1) is 21.7 Å². The van der Waals surface area contributed by atoms with Gasteiger partial charge in [0.2, 0.25) is 0 Å². The topological polar surface area (TPSA) is 188 Å². The second-order valence-corrected chi connectivity index (χ2v) is 11.5. The molecule has 0 spiro atoms. The monoisotopic (exact) mass is 619 g/mol. The maximum absolute atomic E-state index is 11.2. The van der Waals surface area contributed by atoms with Crippen LogP contribution in [0.1, 0.15) is 16.7 Å². The number of anilines is 4. The van der Waals surface area contributed by atoms with E-state index in [-0.39, 0.29) is 21.0 Å². The molecule has 0 aliphatic rings. The highest BCUT2D eigenvalue weighted by atomic mass is 32.2. The number of aromatic nitrogens is 1. The lowest BCUT2D eigenvalue weighted by atomic mass is 10.1. The molecule has 0 atom stereocenters. The summed E-state index contributed by atoms with van der Waals surface area (Å²) in [5.41, 5.74) is 3.15. The molecule has 216 valence electrons. The summed E-state index contributed by atoms with van der Waals surface area (Å²) >= 11 is 1.06. The average Bonchev–Trinajstić information content (AvgIpc) is 3.43. The van der Waals surface area contributed by atoms with Crippen molar-refractivity contribution in [2.24, 2.45) is 20.5 Å². The van der Waals surface area contributed by atoms with Crippen LogP contribution in [-0.2, 0) is 10.1 Å². The number of nitrogens with zero attached hydrogens (tertiary/aromatic N) is 7. The van der Waals surface area contributed by atoms with Crippen molar-refractivity contribution in [3.8, 4) is 12.1 Å². The summed E-state index contributed by atoms with van der Waals surface area (Å²) in [5, 5.41) is 43.8. The first-order valence-electron chi connectivity index (χ1n) is 12.8. The molecule has 14 heteroatoms. The van der Waals surface area contributed by atoms with Gasteiger partial charge in [0.1, 0.15) is 22.8 Å². The molecule has 0 saturated heterocycles. The fraction of sp³-hybridized carbons (Fsp3) is 0.0333. The summed E-state index contributed by atoms with van der Waals surface area (Å²) in [7, 11) is -4.33. The molecule has 0 saturated carbocycles. The average molecular weight is 620 g/mol. The van der Waals surface area contributed by atoms with E-state index in [0.29, 0.717) is 33.6 Å². The van der Waals surface area contributed by atoms with Gasteiger partial charge in [-0.3, -0.25) is 4.55 Å². The zero-order valence-corrected chi connectivity index (χ0v) is 24.5. The minimum absolute atomic E-state index is 0.209. The van der Waals surface area contributed by atoms with Gasteiger partial charge in [-0.05, 0) is 61.5 Å². The minimum Gasteiger partial charge on any atom is -0.339 e. The Hall–Kier alpha value is -5.80. The minimum atomic E-state index is -4.33. The van der Waals surface area contributed by atoms with Gasteiger partial charge in [-0.25, -0.2) is 4.98 Å². The van der Waals surface area contributed by atoms with Crippen molar-refractivity contribution >= 4 is 65.8 Å². The van der Waals surface area contributed by atoms with Crippen molar-refractivity contribution in [1.29, 1.82) is 10.5 Å². The third-order valence-corrected chi connectivity index (χ3v) is 7.83. The van der Waals surface area contributed by atoms with Crippen molar-refractivity contribution in [2.75, 3.05) is 10.6 Å². The smallest absolute Gasteiger partial charge is 0.294 e. The van der Waals surface area contributed by atoms with Crippen LogP contribution in [0.25, 0.3) is 0 Å². The van der Waals surface area contributed by atoms with E-state index in [4.69, 9.17) is 9.54 Å². The van der Waals surface area contributed by atoms with Crippen LogP contribution in [-0.4, -0.2) is 18.0 Å². The van der Waals surface area contributed by atoms with Gasteiger partial charge in [0, 0.05) is 16.9 Å². The Bertz CT molecular complexity index is 2070.